The normalized spacial score (nSPS) is 10.4. The Morgan fingerprint density at radius 3 is 2.59 bits per heavy atom. The van der Waals surface area contributed by atoms with Crippen molar-refractivity contribution in [3.05, 3.63) is 15.3 Å². The molecule has 0 aromatic carbocycles. The third-order valence-corrected chi connectivity index (χ3v) is 3.16. The summed E-state index contributed by atoms with van der Waals surface area (Å²) in [5.74, 6) is 1.08. The summed E-state index contributed by atoms with van der Waals surface area (Å²) in [6, 6.07) is 0. The maximum absolute atomic E-state index is 10.9. The molecule has 0 saturated carbocycles. The van der Waals surface area contributed by atoms with Gasteiger partial charge in [-0.05, 0) is 6.42 Å². The smallest absolute Gasteiger partial charge is 0.348 e. The van der Waals surface area contributed by atoms with Gasteiger partial charge in [-0.25, -0.2) is 4.98 Å². The van der Waals surface area contributed by atoms with Crippen molar-refractivity contribution in [2.45, 2.75) is 18.5 Å². The molecule has 0 unspecified atom stereocenters. The molecule has 0 bridgehead atoms. The number of anilines is 1. The molecular weight excluding hydrogens is 264 g/mol. The Labute approximate surface area is 109 Å². The zero-order valence-electron chi connectivity index (χ0n) is 9.81. The van der Waals surface area contributed by atoms with E-state index in [4.69, 9.17) is 11.6 Å². The van der Waals surface area contributed by atoms with Gasteiger partial charge in [0.05, 0.1) is 4.92 Å². The van der Waals surface area contributed by atoms with E-state index >= 15 is 0 Å². The average Bonchev–Trinajstić information content (AvgIpc) is 2.24. The molecule has 6 nitrogen and oxygen atoms in total. The molecule has 0 saturated heterocycles. The fraction of sp³-hybridized carbons (Fsp3) is 0.556. The van der Waals surface area contributed by atoms with E-state index in [-0.39, 0.29) is 16.7 Å². The van der Waals surface area contributed by atoms with Gasteiger partial charge < -0.3 is 4.90 Å². The summed E-state index contributed by atoms with van der Waals surface area (Å²) in [7, 11) is 3.36. The van der Waals surface area contributed by atoms with Gasteiger partial charge in [-0.2, -0.15) is 4.98 Å². The lowest BCUT2D eigenvalue weighted by atomic mass is 10.4. The Morgan fingerprint density at radius 1 is 1.47 bits per heavy atom. The summed E-state index contributed by atoms with van der Waals surface area (Å²) >= 11 is 7.25. The number of rotatable bonds is 5. The van der Waals surface area contributed by atoms with E-state index in [0.717, 1.165) is 12.2 Å². The molecule has 0 spiro atoms. The molecule has 0 radical (unpaired) electrons. The van der Waals surface area contributed by atoms with Crippen LogP contribution < -0.4 is 4.90 Å². The molecule has 17 heavy (non-hydrogen) atoms. The number of hydrogen-bond acceptors (Lipinski definition) is 6. The molecule has 1 rings (SSSR count). The van der Waals surface area contributed by atoms with Gasteiger partial charge in [-0.15, -0.1) is 0 Å². The van der Waals surface area contributed by atoms with Crippen LogP contribution in [0.1, 0.15) is 13.3 Å². The molecule has 0 fully saturated rings. The van der Waals surface area contributed by atoms with Crippen LogP contribution >= 0.6 is 23.4 Å². The van der Waals surface area contributed by atoms with Crippen LogP contribution in [0.5, 0.6) is 0 Å². The highest BCUT2D eigenvalue weighted by molar-refractivity contribution is 7.99. The maximum atomic E-state index is 10.9. The van der Waals surface area contributed by atoms with E-state index < -0.39 is 4.92 Å². The van der Waals surface area contributed by atoms with E-state index in [1.54, 1.807) is 19.0 Å². The summed E-state index contributed by atoms with van der Waals surface area (Å²) in [6.07, 6.45) is 0.972. The number of aromatic nitrogens is 2. The second-order valence-corrected chi connectivity index (χ2v) is 4.89. The van der Waals surface area contributed by atoms with Crippen molar-refractivity contribution in [2.24, 2.45) is 0 Å². The number of hydrogen-bond donors (Lipinski definition) is 0. The van der Waals surface area contributed by atoms with E-state index in [1.165, 1.54) is 11.8 Å². The topological polar surface area (TPSA) is 72.2 Å². The molecule has 0 aliphatic heterocycles. The molecule has 1 aromatic rings. The highest BCUT2D eigenvalue weighted by Gasteiger charge is 2.24. The largest absolute Gasteiger partial charge is 0.357 e. The number of halogens is 1. The molecule has 0 N–H and O–H groups in total. The van der Waals surface area contributed by atoms with E-state index in [0.29, 0.717) is 5.16 Å². The van der Waals surface area contributed by atoms with Gasteiger partial charge in [-0.1, -0.05) is 30.3 Å². The number of nitrogens with zero attached hydrogens (tertiary/aromatic N) is 4. The molecule has 1 aromatic heterocycles. The van der Waals surface area contributed by atoms with Gasteiger partial charge in [0.15, 0.2) is 5.16 Å². The molecule has 1 heterocycles. The van der Waals surface area contributed by atoms with Crippen molar-refractivity contribution in [1.29, 1.82) is 0 Å². The molecule has 0 aliphatic rings. The van der Waals surface area contributed by atoms with Gasteiger partial charge in [0.1, 0.15) is 0 Å². The Balaban J connectivity index is 3.21. The van der Waals surface area contributed by atoms with Crippen molar-refractivity contribution < 1.29 is 4.92 Å². The van der Waals surface area contributed by atoms with Crippen LogP contribution in [-0.4, -0.2) is 34.7 Å². The summed E-state index contributed by atoms with van der Waals surface area (Å²) in [5, 5.41) is 11.2. The van der Waals surface area contributed by atoms with Crippen molar-refractivity contribution in [1.82, 2.24) is 9.97 Å². The van der Waals surface area contributed by atoms with Crippen LogP contribution in [0.15, 0.2) is 5.16 Å². The van der Waals surface area contributed by atoms with E-state index in [9.17, 15) is 10.1 Å². The lowest BCUT2D eigenvalue weighted by Crippen LogP contribution is -2.14. The standard InChI is InChI=1S/C9H13ClN4O2S/c1-4-5-17-9-11-7(10)6(14(15)16)8(12-9)13(2)3/h4-5H2,1-3H3. The summed E-state index contributed by atoms with van der Waals surface area (Å²) < 4.78 is 0. The molecule has 8 heteroatoms. The first kappa shape index (κ1) is 14.0. The lowest BCUT2D eigenvalue weighted by molar-refractivity contribution is -0.384. The van der Waals surface area contributed by atoms with Crippen LogP contribution in [0.2, 0.25) is 5.15 Å². The fourth-order valence-corrected chi connectivity index (χ4v) is 2.10. The zero-order valence-corrected chi connectivity index (χ0v) is 11.4. The summed E-state index contributed by atoms with van der Waals surface area (Å²) in [5.41, 5.74) is -0.252. The summed E-state index contributed by atoms with van der Waals surface area (Å²) in [4.78, 5) is 19.9. The zero-order chi connectivity index (χ0) is 13.0. The second-order valence-electron chi connectivity index (χ2n) is 3.47. The van der Waals surface area contributed by atoms with E-state index in [2.05, 4.69) is 9.97 Å². The Bertz CT molecular complexity index is 428. The predicted octanol–water partition coefficient (Wildman–Crippen LogP) is 2.61. The van der Waals surface area contributed by atoms with Crippen molar-refractivity contribution in [3.8, 4) is 0 Å². The first-order valence-corrected chi connectivity index (χ1v) is 6.35. The fourth-order valence-electron chi connectivity index (χ4n) is 1.12. The van der Waals surface area contributed by atoms with Crippen molar-refractivity contribution >= 4 is 34.9 Å². The molecule has 0 amide bonds. The van der Waals surface area contributed by atoms with Crippen molar-refractivity contribution in [3.63, 3.8) is 0 Å². The lowest BCUT2D eigenvalue weighted by Gasteiger charge is -2.12. The molecular formula is C9H13ClN4O2S. The van der Waals surface area contributed by atoms with Gasteiger partial charge >= 0.3 is 5.69 Å². The predicted molar refractivity (Wildman–Crippen MR) is 69.0 cm³/mol. The van der Waals surface area contributed by atoms with Crippen LogP contribution in [0.4, 0.5) is 11.5 Å². The first-order chi connectivity index (χ1) is 7.97. The number of nitro groups is 1. The minimum Gasteiger partial charge on any atom is -0.357 e. The third kappa shape index (κ3) is 3.44. The van der Waals surface area contributed by atoms with Crippen LogP contribution in [0.25, 0.3) is 0 Å². The highest BCUT2D eigenvalue weighted by atomic mass is 35.5. The highest BCUT2D eigenvalue weighted by Crippen LogP contribution is 2.33. The molecule has 94 valence electrons. The van der Waals surface area contributed by atoms with Crippen LogP contribution in [0.3, 0.4) is 0 Å². The Kier molecular flexibility index (Phi) is 4.95. The quantitative estimate of drug-likeness (QED) is 0.271. The van der Waals surface area contributed by atoms with Gasteiger partial charge in [0.25, 0.3) is 0 Å². The SMILES string of the molecule is CCCSc1nc(Cl)c([N+](=O)[O-])c(N(C)C)n1. The number of thioether (sulfide) groups is 1. The van der Waals surface area contributed by atoms with E-state index in [1.807, 2.05) is 6.92 Å². The van der Waals surface area contributed by atoms with Gasteiger partial charge in [0.2, 0.25) is 11.0 Å². The minimum atomic E-state index is -0.564. The Hall–Kier alpha value is -1.08. The van der Waals surface area contributed by atoms with Gasteiger partial charge in [0, 0.05) is 19.8 Å². The molecule has 0 atom stereocenters. The monoisotopic (exact) mass is 276 g/mol. The average molecular weight is 277 g/mol. The van der Waals surface area contributed by atoms with Crippen molar-refractivity contribution in [2.75, 3.05) is 24.7 Å². The Morgan fingerprint density at radius 2 is 2.12 bits per heavy atom. The second kappa shape index (κ2) is 6.02. The summed E-state index contributed by atoms with van der Waals surface area (Å²) in [6.45, 7) is 2.03. The maximum Gasteiger partial charge on any atom is 0.348 e. The molecule has 0 aliphatic carbocycles. The van der Waals surface area contributed by atoms with Gasteiger partial charge in [-0.3, -0.25) is 10.1 Å². The third-order valence-electron chi connectivity index (χ3n) is 1.84. The van der Waals surface area contributed by atoms with Crippen LogP contribution in [0, 0.1) is 10.1 Å². The first-order valence-electron chi connectivity index (χ1n) is 4.99. The van der Waals surface area contributed by atoms with Crippen LogP contribution in [-0.2, 0) is 0 Å². The minimum absolute atomic E-state index is 0.118.